The lowest BCUT2D eigenvalue weighted by molar-refractivity contribution is -0.142. The maximum Gasteiger partial charge on any atom is 0.330 e. The molecule has 1 unspecified atom stereocenters. The molecule has 0 radical (unpaired) electrons. The summed E-state index contributed by atoms with van der Waals surface area (Å²) in [5.41, 5.74) is 2.46. The Hall–Kier alpha value is -2.70. The molecule has 2 N–H and O–H groups in total. The largest absolute Gasteiger partial charge is 0.479 e. The number of benzene rings is 1. The molecule has 26 heavy (non-hydrogen) atoms. The van der Waals surface area contributed by atoms with Crippen molar-refractivity contribution in [1.82, 2.24) is 15.5 Å². The number of hydrogen-bond acceptors (Lipinski definition) is 5. The van der Waals surface area contributed by atoms with Crippen LogP contribution in [0.25, 0.3) is 0 Å². The van der Waals surface area contributed by atoms with Gasteiger partial charge < -0.3 is 14.9 Å². The molecule has 0 saturated heterocycles. The molecule has 7 heteroatoms. The number of hydrogen-bond donors (Lipinski definition) is 2. The van der Waals surface area contributed by atoms with Gasteiger partial charge in [-0.15, -0.1) is 0 Å². The van der Waals surface area contributed by atoms with Crippen molar-refractivity contribution in [3.05, 3.63) is 46.6 Å². The molecular weight excluding hydrogens is 334 g/mol. The molecule has 7 nitrogen and oxygen atoms in total. The smallest absolute Gasteiger partial charge is 0.330 e. The molecule has 1 aromatic carbocycles. The third kappa shape index (κ3) is 5.15. The van der Waals surface area contributed by atoms with E-state index in [1.807, 2.05) is 26.8 Å². The van der Waals surface area contributed by atoms with Crippen LogP contribution in [-0.2, 0) is 22.4 Å². The summed E-state index contributed by atoms with van der Waals surface area (Å²) in [5.74, 6) is -0.210. The summed E-state index contributed by atoms with van der Waals surface area (Å²) in [5, 5.41) is 16.0. The number of rotatable bonds is 9. The maximum atomic E-state index is 12.2. The third-order valence-electron chi connectivity index (χ3n) is 4.29. The first-order valence-corrected chi connectivity index (χ1v) is 8.82. The van der Waals surface area contributed by atoms with Crippen molar-refractivity contribution >= 4 is 11.9 Å². The van der Waals surface area contributed by atoms with Crippen molar-refractivity contribution < 1.29 is 19.2 Å². The Labute approximate surface area is 152 Å². The Kier molecular flexibility index (Phi) is 6.89. The summed E-state index contributed by atoms with van der Waals surface area (Å²) in [6, 6.07) is 4.39. The normalized spacial score (nSPS) is 12.0. The molecule has 0 aliphatic carbocycles. The van der Waals surface area contributed by atoms with Gasteiger partial charge in [0, 0.05) is 19.3 Å². The van der Waals surface area contributed by atoms with Crippen molar-refractivity contribution in [2.45, 2.75) is 58.9 Å². The number of nitrogens with one attached hydrogen (secondary N) is 1. The van der Waals surface area contributed by atoms with E-state index in [9.17, 15) is 14.7 Å². The monoisotopic (exact) mass is 359 g/mol. The van der Waals surface area contributed by atoms with Crippen LogP contribution >= 0.6 is 0 Å². The molecule has 1 amide bonds. The summed E-state index contributed by atoms with van der Waals surface area (Å²) in [6.07, 6.45) is 2.90. The molecule has 0 bridgehead atoms. The van der Waals surface area contributed by atoms with Crippen LogP contribution in [0.4, 0.5) is 0 Å². The maximum absolute atomic E-state index is 12.2. The summed E-state index contributed by atoms with van der Waals surface area (Å²) >= 11 is 0. The predicted octanol–water partition coefficient (Wildman–Crippen LogP) is 2.90. The van der Waals surface area contributed by atoms with Crippen LogP contribution in [0, 0.1) is 13.8 Å². The summed E-state index contributed by atoms with van der Waals surface area (Å²) < 4.78 is 5.13. The number of carbonyl (C=O) groups is 2. The Bertz CT molecular complexity index is 770. The first-order chi connectivity index (χ1) is 12.4. The molecule has 1 atom stereocenters. The van der Waals surface area contributed by atoms with E-state index in [-0.39, 0.29) is 12.3 Å². The molecule has 2 aromatic rings. The Morgan fingerprint density at radius 1 is 1.27 bits per heavy atom. The second-order valence-corrected chi connectivity index (χ2v) is 6.34. The quantitative estimate of drug-likeness (QED) is 0.713. The van der Waals surface area contributed by atoms with E-state index >= 15 is 0 Å². The Morgan fingerprint density at radius 3 is 2.73 bits per heavy atom. The van der Waals surface area contributed by atoms with E-state index in [4.69, 9.17) is 4.52 Å². The molecule has 0 aliphatic heterocycles. The van der Waals surface area contributed by atoms with E-state index in [0.29, 0.717) is 30.1 Å². The highest BCUT2D eigenvalue weighted by Gasteiger charge is 2.24. The first kappa shape index (κ1) is 19.6. The first-order valence-electron chi connectivity index (χ1n) is 8.82. The summed E-state index contributed by atoms with van der Waals surface area (Å²) in [4.78, 5) is 28.0. The van der Waals surface area contributed by atoms with Crippen molar-refractivity contribution in [3.8, 4) is 0 Å². The minimum atomic E-state index is -1.08. The Balaban J connectivity index is 1.91. The van der Waals surface area contributed by atoms with Gasteiger partial charge in [-0.2, -0.15) is 4.98 Å². The van der Waals surface area contributed by atoms with Crippen LogP contribution in [0.2, 0.25) is 0 Å². The van der Waals surface area contributed by atoms with Gasteiger partial charge in [0.25, 0.3) is 0 Å². The molecule has 2 rings (SSSR count). The number of carboxylic acid groups (broad SMARTS) is 1. The molecule has 1 aromatic heterocycles. The van der Waals surface area contributed by atoms with E-state index in [2.05, 4.69) is 15.5 Å². The van der Waals surface area contributed by atoms with Crippen molar-refractivity contribution in [2.24, 2.45) is 0 Å². The van der Waals surface area contributed by atoms with Gasteiger partial charge in [-0.05, 0) is 43.4 Å². The topological polar surface area (TPSA) is 105 Å². The SMILES string of the molecule is CCCc1noc(CCCC(=O)NC(C(=O)O)c2cccc(C)c2C)n1. The number of nitrogens with zero attached hydrogens (tertiary/aromatic N) is 2. The van der Waals surface area contributed by atoms with E-state index < -0.39 is 12.0 Å². The average Bonchev–Trinajstić information content (AvgIpc) is 3.03. The van der Waals surface area contributed by atoms with Crippen LogP contribution in [0.5, 0.6) is 0 Å². The number of carboxylic acids is 1. The molecule has 0 fully saturated rings. The number of amides is 1. The molecule has 0 spiro atoms. The molecule has 1 heterocycles. The van der Waals surface area contributed by atoms with Gasteiger partial charge in [0.05, 0.1) is 0 Å². The lowest BCUT2D eigenvalue weighted by Gasteiger charge is -2.18. The number of aryl methyl sites for hydroxylation is 3. The van der Waals surface area contributed by atoms with Gasteiger partial charge in [-0.25, -0.2) is 4.79 Å². The van der Waals surface area contributed by atoms with Gasteiger partial charge >= 0.3 is 5.97 Å². The van der Waals surface area contributed by atoms with Crippen molar-refractivity contribution in [3.63, 3.8) is 0 Å². The Morgan fingerprint density at radius 2 is 2.04 bits per heavy atom. The van der Waals surface area contributed by atoms with Gasteiger partial charge in [0.1, 0.15) is 0 Å². The second kappa shape index (κ2) is 9.12. The summed E-state index contributed by atoms with van der Waals surface area (Å²) in [7, 11) is 0. The minimum absolute atomic E-state index is 0.195. The van der Waals surface area contributed by atoms with Crippen LogP contribution in [0.3, 0.4) is 0 Å². The van der Waals surface area contributed by atoms with Crippen molar-refractivity contribution in [1.29, 1.82) is 0 Å². The van der Waals surface area contributed by atoms with E-state index in [0.717, 1.165) is 24.0 Å². The van der Waals surface area contributed by atoms with Gasteiger partial charge in [-0.1, -0.05) is 30.3 Å². The van der Waals surface area contributed by atoms with Crippen LogP contribution < -0.4 is 5.32 Å². The van der Waals surface area contributed by atoms with Crippen LogP contribution in [0.15, 0.2) is 22.7 Å². The fraction of sp³-hybridized carbons (Fsp3) is 0.474. The third-order valence-corrected chi connectivity index (χ3v) is 4.29. The van der Waals surface area contributed by atoms with Gasteiger partial charge in [0.2, 0.25) is 11.8 Å². The standard InChI is InChI=1S/C19H25N3O4/c1-4-7-15-20-17(26-22-15)11-6-10-16(23)21-18(19(24)25)14-9-5-8-12(2)13(14)3/h5,8-9,18H,4,6-7,10-11H2,1-3H3,(H,21,23)(H,24,25). The number of carbonyl (C=O) groups excluding carboxylic acids is 1. The van der Waals surface area contributed by atoms with Gasteiger partial charge in [0.15, 0.2) is 11.9 Å². The van der Waals surface area contributed by atoms with Gasteiger partial charge in [-0.3, -0.25) is 4.79 Å². The molecule has 0 saturated carbocycles. The fourth-order valence-electron chi connectivity index (χ4n) is 2.71. The fourth-order valence-corrected chi connectivity index (χ4v) is 2.71. The van der Waals surface area contributed by atoms with E-state index in [1.54, 1.807) is 12.1 Å². The van der Waals surface area contributed by atoms with Crippen LogP contribution in [-0.4, -0.2) is 27.1 Å². The zero-order valence-electron chi connectivity index (χ0n) is 15.4. The summed E-state index contributed by atoms with van der Waals surface area (Å²) in [6.45, 7) is 5.81. The molecular formula is C19H25N3O4. The molecule has 140 valence electrons. The van der Waals surface area contributed by atoms with Crippen LogP contribution in [0.1, 0.15) is 60.6 Å². The average molecular weight is 359 g/mol. The highest BCUT2D eigenvalue weighted by molar-refractivity contribution is 5.84. The number of aromatic nitrogens is 2. The number of aliphatic carboxylic acids is 1. The lowest BCUT2D eigenvalue weighted by atomic mass is 9.97. The van der Waals surface area contributed by atoms with Crippen molar-refractivity contribution in [2.75, 3.05) is 0 Å². The lowest BCUT2D eigenvalue weighted by Crippen LogP contribution is -2.34. The second-order valence-electron chi connectivity index (χ2n) is 6.34. The zero-order valence-corrected chi connectivity index (χ0v) is 15.4. The minimum Gasteiger partial charge on any atom is -0.479 e. The predicted molar refractivity (Wildman–Crippen MR) is 95.7 cm³/mol. The molecule has 0 aliphatic rings. The van der Waals surface area contributed by atoms with E-state index in [1.165, 1.54) is 0 Å². The highest BCUT2D eigenvalue weighted by Crippen LogP contribution is 2.21. The highest BCUT2D eigenvalue weighted by atomic mass is 16.5. The zero-order chi connectivity index (χ0) is 19.1.